The number of thiophene rings is 1. The van der Waals surface area contributed by atoms with E-state index in [0.29, 0.717) is 6.54 Å². The van der Waals surface area contributed by atoms with E-state index in [4.69, 9.17) is 5.26 Å². The largest absolute Gasteiger partial charge is 0.286 e. The van der Waals surface area contributed by atoms with Crippen LogP contribution in [-0.4, -0.2) is 18.0 Å². The van der Waals surface area contributed by atoms with Crippen molar-refractivity contribution >= 4 is 11.3 Å². The number of nitrogens with zero attached hydrogens (tertiary/aromatic N) is 2. The minimum Gasteiger partial charge on any atom is -0.286 e. The summed E-state index contributed by atoms with van der Waals surface area (Å²) in [5.41, 5.74) is 1.43. The second-order valence-electron chi connectivity index (χ2n) is 3.34. The Morgan fingerprint density at radius 3 is 3.38 bits per heavy atom. The maximum Gasteiger partial charge on any atom is 0.0868 e. The lowest BCUT2D eigenvalue weighted by Crippen LogP contribution is -2.23. The Labute approximate surface area is 82.4 Å². The predicted octanol–water partition coefficient (Wildman–Crippen LogP) is 2.02. The number of aryl methyl sites for hydroxylation is 1. The molecule has 1 aliphatic rings. The topological polar surface area (TPSA) is 27.0 Å². The van der Waals surface area contributed by atoms with Gasteiger partial charge in [-0.2, -0.15) is 5.26 Å². The first kappa shape index (κ1) is 8.74. The van der Waals surface area contributed by atoms with E-state index >= 15 is 0 Å². The molecule has 13 heavy (non-hydrogen) atoms. The quantitative estimate of drug-likeness (QED) is 0.636. The molecule has 1 aromatic heterocycles. The van der Waals surface area contributed by atoms with Crippen LogP contribution in [0.4, 0.5) is 0 Å². The van der Waals surface area contributed by atoms with Crippen LogP contribution in [0.15, 0.2) is 11.4 Å². The van der Waals surface area contributed by atoms with E-state index in [-0.39, 0.29) is 0 Å². The van der Waals surface area contributed by atoms with Gasteiger partial charge in [-0.25, -0.2) is 0 Å². The highest BCUT2D eigenvalue weighted by Crippen LogP contribution is 2.23. The summed E-state index contributed by atoms with van der Waals surface area (Å²) in [7, 11) is 0. The molecule has 0 N–H and O–H groups in total. The van der Waals surface area contributed by atoms with Gasteiger partial charge in [-0.1, -0.05) is 0 Å². The van der Waals surface area contributed by atoms with Crippen LogP contribution in [-0.2, 0) is 13.0 Å². The molecule has 0 radical (unpaired) electrons. The predicted molar refractivity (Wildman–Crippen MR) is 53.5 cm³/mol. The van der Waals surface area contributed by atoms with E-state index in [1.807, 2.05) is 11.3 Å². The molecule has 0 saturated carbocycles. The highest BCUT2D eigenvalue weighted by Gasteiger charge is 2.14. The molecule has 0 bridgehead atoms. The SMILES string of the molecule is N#CCN1CCCc2sccc2C1. The minimum atomic E-state index is 0.565. The molecule has 0 saturated heterocycles. The summed E-state index contributed by atoms with van der Waals surface area (Å²) in [4.78, 5) is 3.74. The molecule has 1 aromatic rings. The third kappa shape index (κ3) is 1.90. The summed E-state index contributed by atoms with van der Waals surface area (Å²) in [6.07, 6.45) is 2.38. The Balaban J connectivity index is 2.13. The molecule has 1 aliphatic heterocycles. The molecule has 2 heterocycles. The summed E-state index contributed by atoms with van der Waals surface area (Å²) in [5, 5.41) is 10.8. The van der Waals surface area contributed by atoms with Gasteiger partial charge in [0.25, 0.3) is 0 Å². The summed E-state index contributed by atoms with van der Waals surface area (Å²) in [6, 6.07) is 4.41. The van der Waals surface area contributed by atoms with Gasteiger partial charge in [0.2, 0.25) is 0 Å². The van der Waals surface area contributed by atoms with Crippen molar-refractivity contribution in [1.82, 2.24) is 4.90 Å². The molecule has 0 aromatic carbocycles. The number of hydrogen-bond acceptors (Lipinski definition) is 3. The molecule has 0 spiro atoms. The zero-order valence-corrected chi connectivity index (χ0v) is 8.31. The molecule has 0 fully saturated rings. The Kier molecular flexibility index (Phi) is 2.62. The summed E-state index contributed by atoms with van der Waals surface area (Å²) >= 11 is 1.85. The van der Waals surface area contributed by atoms with Gasteiger partial charge in [0, 0.05) is 11.4 Å². The average Bonchev–Trinajstić information content (AvgIpc) is 2.46. The molecular formula is C10H12N2S. The minimum absolute atomic E-state index is 0.565. The molecule has 0 atom stereocenters. The van der Waals surface area contributed by atoms with Crippen molar-refractivity contribution < 1.29 is 0 Å². The Hall–Kier alpha value is -0.850. The van der Waals surface area contributed by atoms with Gasteiger partial charge in [0.05, 0.1) is 12.6 Å². The van der Waals surface area contributed by atoms with Crippen molar-refractivity contribution in [3.05, 3.63) is 21.9 Å². The fourth-order valence-electron chi connectivity index (χ4n) is 1.75. The molecule has 68 valence electrons. The van der Waals surface area contributed by atoms with Gasteiger partial charge in [-0.05, 0) is 36.4 Å². The van der Waals surface area contributed by atoms with Crippen LogP contribution < -0.4 is 0 Å². The van der Waals surface area contributed by atoms with Crippen LogP contribution in [0.5, 0.6) is 0 Å². The number of hydrogen-bond donors (Lipinski definition) is 0. The second-order valence-corrected chi connectivity index (χ2v) is 4.34. The maximum absolute atomic E-state index is 8.62. The lowest BCUT2D eigenvalue weighted by Gasteiger charge is -2.15. The highest BCUT2D eigenvalue weighted by atomic mass is 32.1. The van der Waals surface area contributed by atoms with Crippen LogP contribution in [0.2, 0.25) is 0 Å². The van der Waals surface area contributed by atoms with Crippen LogP contribution in [0.1, 0.15) is 16.9 Å². The molecule has 3 heteroatoms. The van der Waals surface area contributed by atoms with Crippen molar-refractivity contribution in [2.24, 2.45) is 0 Å². The third-order valence-corrected chi connectivity index (χ3v) is 3.43. The van der Waals surface area contributed by atoms with Crippen molar-refractivity contribution in [2.45, 2.75) is 19.4 Å². The standard InChI is InChI=1S/C10H12N2S/c11-4-6-12-5-1-2-10-9(8-12)3-7-13-10/h3,7H,1-2,5-6,8H2. The van der Waals surface area contributed by atoms with Gasteiger partial charge in [0.1, 0.15) is 0 Å². The molecule has 0 unspecified atom stereocenters. The zero-order chi connectivity index (χ0) is 9.10. The smallest absolute Gasteiger partial charge is 0.0868 e. The van der Waals surface area contributed by atoms with Gasteiger partial charge in [-0.15, -0.1) is 11.3 Å². The Morgan fingerprint density at radius 2 is 2.54 bits per heavy atom. The fraction of sp³-hybridized carbons (Fsp3) is 0.500. The molecule has 0 amide bonds. The summed E-state index contributed by atoms with van der Waals surface area (Å²) in [6.45, 7) is 2.59. The van der Waals surface area contributed by atoms with Crippen LogP contribution >= 0.6 is 11.3 Å². The second kappa shape index (κ2) is 3.91. The van der Waals surface area contributed by atoms with Gasteiger partial charge in [-0.3, -0.25) is 4.90 Å². The molecule has 2 rings (SSSR count). The first-order valence-corrected chi connectivity index (χ1v) is 5.42. The number of rotatable bonds is 1. The highest BCUT2D eigenvalue weighted by molar-refractivity contribution is 7.10. The van der Waals surface area contributed by atoms with Crippen molar-refractivity contribution in [3.63, 3.8) is 0 Å². The van der Waals surface area contributed by atoms with E-state index in [1.165, 1.54) is 23.3 Å². The van der Waals surface area contributed by atoms with E-state index in [0.717, 1.165) is 13.1 Å². The van der Waals surface area contributed by atoms with Gasteiger partial charge >= 0.3 is 0 Å². The van der Waals surface area contributed by atoms with Gasteiger partial charge in [0.15, 0.2) is 0 Å². The Bertz CT molecular complexity index is 324. The van der Waals surface area contributed by atoms with E-state index < -0.39 is 0 Å². The molecule has 0 aliphatic carbocycles. The first-order chi connectivity index (χ1) is 6.40. The molecular weight excluding hydrogens is 180 g/mol. The number of fused-ring (bicyclic) bond motifs is 1. The zero-order valence-electron chi connectivity index (χ0n) is 7.49. The Morgan fingerprint density at radius 1 is 1.62 bits per heavy atom. The molecule has 2 nitrogen and oxygen atoms in total. The third-order valence-electron chi connectivity index (χ3n) is 2.40. The van der Waals surface area contributed by atoms with Crippen LogP contribution in [0.25, 0.3) is 0 Å². The number of nitriles is 1. The maximum atomic E-state index is 8.62. The summed E-state index contributed by atoms with van der Waals surface area (Å²) < 4.78 is 0. The van der Waals surface area contributed by atoms with Crippen LogP contribution in [0, 0.1) is 11.3 Å². The monoisotopic (exact) mass is 192 g/mol. The average molecular weight is 192 g/mol. The lowest BCUT2D eigenvalue weighted by atomic mass is 10.2. The fourth-order valence-corrected chi connectivity index (χ4v) is 2.69. The first-order valence-electron chi connectivity index (χ1n) is 4.54. The van der Waals surface area contributed by atoms with Gasteiger partial charge < -0.3 is 0 Å². The van der Waals surface area contributed by atoms with Crippen molar-refractivity contribution in [1.29, 1.82) is 5.26 Å². The van der Waals surface area contributed by atoms with E-state index in [1.54, 1.807) is 0 Å². The lowest BCUT2D eigenvalue weighted by molar-refractivity contribution is 0.302. The van der Waals surface area contributed by atoms with Crippen molar-refractivity contribution in [2.75, 3.05) is 13.1 Å². The summed E-state index contributed by atoms with van der Waals surface area (Å²) in [5.74, 6) is 0. The van der Waals surface area contributed by atoms with Crippen molar-refractivity contribution in [3.8, 4) is 6.07 Å². The van der Waals surface area contributed by atoms with Crippen LogP contribution in [0.3, 0.4) is 0 Å². The normalized spacial score (nSPS) is 17.5. The van der Waals surface area contributed by atoms with E-state index in [2.05, 4.69) is 22.4 Å². The van der Waals surface area contributed by atoms with E-state index in [9.17, 15) is 0 Å².